The zero-order valence-electron chi connectivity index (χ0n) is 7.21. The third-order valence-electron chi connectivity index (χ3n) is 0.940. The SMILES string of the molecule is C=O.Cc1ccccc1.FB(F)F. The number of aryl methyl sites for hydroxylation is 1. The molecule has 0 radical (unpaired) electrons. The summed E-state index contributed by atoms with van der Waals surface area (Å²) in [6.07, 6.45) is 0. The molecule has 0 N–H and O–H groups in total. The van der Waals surface area contributed by atoms with Gasteiger partial charge in [0.05, 0.1) is 0 Å². The van der Waals surface area contributed by atoms with Gasteiger partial charge in [0.15, 0.2) is 0 Å². The van der Waals surface area contributed by atoms with Gasteiger partial charge >= 0.3 is 7.54 Å². The second-order valence-electron chi connectivity index (χ2n) is 1.90. The monoisotopic (exact) mass is 190 g/mol. The van der Waals surface area contributed by atoms with Crippen LogP contribution in [0.1, 0.15) is 5.56 Å². The number of rotatable bonds is 0. The van der Waals surface area contributed by atoms with Crippen LogP contribution in [-0.2, 0) is 4.79 Å². The Bertz CT molecular complexity index is 191. The quantitative estimate of drug-likeness (QED) is 0.574. The van der Waals surface area contributed by atoms with Gasteiger partial charge in [0, 0.05) is 0 Å². The van der Waals surface area contributed by atoms with Gasteiger partial charge in [-0.1, -0.05) is 35.9 Å². The van der Waals surface area contributed by atoms with Crippen LogP contribution in [-0.4, -0.2) is 14.3 Å². The minimum atomic E-state index is -3.67. The fourth-order valence-electron chi connectivity index (χ4n) is 0.534. The highest BCUT2D eigenvalue weighted by Gasteiger charge is 2.06. The van der Waals surface area contributed by atoms with E-state index in [1.54, 1.807) is 0 Å². The second-order valence-corrected chi connectivity index (χ2v) is 1.90. The fourth-order valence-corrected chi connectivity index (χ4v) is 0.534. The molecule has 13 heavy (non-hydrogen) atoms. The van der Waals surface area contributed by atoms with Crippen LogP contribution < -0.4 is 0 Å². The summed E-state index contributed by atoms with van der Waals surface area (Å²) in [5.41, 5.74) is 1.32. The van der Waals surface area contributed by atoms with E-state index in [-0.39, 0.29) is 0 Å². The molecule has 1 aromatic rings. The van der Waals surface area contributed by atoms with E-state index in [9.17, 15) is 12.9 Å². The molecule has 0 spiro atoms. The highest BCUT2D eigenvalue weighted by molar-refractivity contribution is 6.33. The smallest absolute Gasteiger partial charge is 0.307 e. The number of benzene rings is 1. The van der Waals surface area contributed by atoms with E-state index in [0.29, 0.717) is 0 Å². The average Bonchev–Trinajstić information content (AvgIpc) is 2.08. The minimum Gasteiger partial charge on any atom is -0.307 e. The van der Waals surface area contributed by atoms with Gasteiger partial charge in [-0.3, -0.25) is 12.9 Å². The fraction of sp³-hybridized carbons (Fsp3) is 0.125. The lowest BCUT2D eigenvalue weighted by atomic mass is 10.2. The first-order valence-electron chi connectivity index (χ1n) is 3.35. The summed E-state index contributed by atoms with van der Waals surface area (Å²) in [4.78, 5) is 8.00. The Labute approximate surface area is 75.8 Å². The van der Waals surface area contributed by atoms with E-state index in [4.69, 9.17) is 4.79 Å². The molecule has 0 heterocycles. The Morgan fingerprint density at radius 1 is 1.08 bits per heavy atom. The lowest BCUT2D eigenvalue weighted by molar-refractivity contribution is -0.0979. The van der Waals surface area contributed by atoms with E-state index < -0.39 is 7.54 Å². The lowest BCUT2D eigenvalue weighted by Gasteiger charge is -1.82. The molecule has 5 heteroatoms. The second kappa shape index (κ2) is 10.7. The van der Waals surface area contributed by atoms with Crippen molar-refractivity contribution in [3.8, 4) is 0 Å². The van der Waals surface area contributed by atoms with Crippen molar-refractivity contribution in [2.75, 3.05) is 0 Å². The highest BCUT2D eigenvalue weighted by Crippen LogP contribution is 1.92. The first-order chi connectivity index (χ1) is 6.13. The molecule has 0 aromatic heterocycles. The third kappa shape index (κ3) is 18.1. The molecular formula is C8H10BF3O. The molecule has 0 atom stereocenters. The summed E-state index contributed by atoms with van der Waals surface area (Å²) in [5.74, 6) is 0. The van der Waals surface area contributed by atoms with Gasteiger partial charge in [0.25, 0.3) is 0 Å². The minimum absolute atomic E-state index is 1.32. The number of hydrogen-bond acceptors (Lipinski definition) is 1. The molecular weight excluding hydrogens is 180 g/mol. The van der Waals surface area contributed by atoms with Gasteiger partial charge < -0.3 is 4.79 Å². The van der Waals surface area contributed by atoms with Crippen LogP contribution in [0.5, 0.6) is 0 Å². The molecule has 72 valence electrons. The summed E-state index contributed by atoms with van der Waals surface area (Å²) < 4.78 is 29.0. The van der Waals surface area contributed by atoms with Crippen molar-refractivity contribution in [1.29, 1.82) is 0 Å². The van der Waals surface area contributed by atoms with Crippen molar-refractivity contribution in [1.82, 2.24) is 0 Å². The first kappa shape index (κ1) is 14.3. The van der Waals surface area contributed by atoms with Crippen molar-refractivity contribution in [2.45, 2.75) is 6.92 Å². The Morgan fingerprint density at radius 2 is 1.38 bits per heavy atom. The van der Waals surface area contributed by atoms with E-state index in [1.807, 2.05) is 25.0 Å². The van der Waals surface area contributed by atoms with Crippen LogP contribution in [0, 0.1) is 6.92 Å². The predicted octanol–water partition coefficient (Wildman–Crippen LogP) is 2.69. The van der Waals surface area contributed by atoms with E-state index in [0.717, 1.165) is 0 Å². The molecule has 0 amide bonds. The van der Waals surface area contributed by atoms with Crippen LogP contribution >= 0.6 is 0 Å². The molecule has 0 saturated carbocycles. The first-order valence-corrected chi connectivity index (χ1v) is 3.35. The van der Waals surface area contributed by atoms with Crippen molar-refractivity contribution in [3.05, 3.63) is 35.9 Å². The Morgan fingerprint density at radius 3 is 1.54 bits per heavy atom. The topological polar surface area (TPSA) is 17.1 Å². The van der Waals surface area contributed by atoms with Crippen LogP contribution in [0.3, 0.4) is 0 Å². The molecule has 0 fully saturated rings. The molecule has 0 saturated heterocycles. The Balaban J connectivity index is 0. The molecule has 0 aliphatic heterocycles. The third-order valence-corrected chi connectivity index (χ3v) is 0.940. The lowest BCUT2D eigenvalue weighted by Crippen LogP contribution is -1.76. The zero-order valence-corrected chi connectivity index (χ0v) is 7.21. The number of carbonyl (C=O) groups excluding carboxylic acids is 1. The van der Waals surface area contributed by atoms with E-state index >= 15 is 0 Å². The molecule has 0 aliphatic carbocycles. The Kier molecular flexibility index (Phi) is 11.8. The molecule has 0 aliphatic rings. The largest absolute Gasteiger partial charge is 0.762 e. The maximum absolute atomic E-state index is 9.67. The molecule has 0 unspecified atom stereocenters. The van der Waals surface area contributed by atoms with Crippen molar-refractivity contribution < 1.29 is 17.7 Å². The zero-order chi connectivity index (χ0) is 10.7. The van der Waals surface area contributed by atoms with Gasteiger partial charge in [0.2, 0.25) is 0 Å². The normalized spacial score (nSPS) is 7.08. The van der Waals surface area contributed by atoms with Crippen molar-refractivity contribution >= 4 is 14.3 Å². The molecule has 1 aromatic carbocycles. The van der Waals surface area contributed by atoms with Crippen LogP contribution in [0.25, 0.3) is 0 Å². The summed E-state index contributed by atoms with van der Waals surface area (Å²) in [5, 5.41) is 0. The van der Waals surface area contributed by atoms with Crippen LogP contribution in [0.4, 0.5) is 12.9 Å². The molecule has 1 rings (SSSR count). The van der Waals surface area contributed by atoms with Gasteiger partial charge in [-0.05, 0) is 6.92 Å². The van der Waals surface area contributed by atoms with Gasteiger partial charge in [-0.15, -0.1) is 0 Å². The summed E-state index contributed by atoms with van der Waals surface area (Å²) in [6.45, 7) is 4.08. The van der Waals surface area contributed by atoms with Crippen molar-refractivity contribution in [2.24, 2.45) is 0 Å². The maximum atomic E-state index is 9.67. The predicted molar refractivity (Wildman–Crippen MR) is 47.4 cm³/mol. The number of hydrogen-bond donors (Lipinski definition) is 0. The highest BCUT2D eigenvalue weighted by atomic mass is 19.4. The van der Waals surface area contributed by atoms with Crippen LogP contribution in [0.2, 0.25) is 0 Å². The number of halogens is 3. The summed E-state index contributed by atoms with van der Waals surface area (Å²) in [6, 6.07) is 10.3. The Hall–Kier alpha value is -1.26. The van der Waals surface area contributed by atoms with E-state index in [1.165, 1.54) is 5.56 Å². The molecule has 0 bridgehead atoms. The maximum Gasteiger partial charge on any atom is 0.762 e. The molecule has 1 nitrogen and oxygen atoms in total. The average molecular weight is 190 g/mol. The van der Waals surface area contributed by atoms with Gasteiger partial charge in [-0.25, -0.2) is 0 Å². The van der Waals surface area contributed by atoms with Crippen molar-refractivity contribution in [3.63, 3.8) is 0 Å². The van der Waals surface area contributed by atoms with Gasteiger partial charge in [-0.2, -0.15) is 0 Å². The summed E-state index contributed by atoms with van der Waals surface area (Å²) in [7, 11) is -3.67. The number of carbonyl (C=O) groups is 1. The summed E-state index contributed by atoms with van der Waals surface area (Å²) >= 11 is 0. The standard InChI is InChI=1S/C7H8.CH2O.BF3/c1-7-5-3-2-4-6-7;1-2;2-1(3)4/h2-6H,1H3;1H2;. The van der Waals surface area contributed by atoms with Crippen LogP contribution in [0.15, 0.2) is 30.3 Å². The van der Waals surface area contributed by atoms with E-state index in [2.05, 4.69) is 19.1 Å². The van der Waals surface area contributed by atoms with Gasteiger partial charge in [0.1, 0.15) is 6.79 Å².